The smallest absolute Gasteiger partial charge is 0.178 e. The third-order valence-corrected chi connectivity index (χ3v) is 6.31. The third kappa shape index (κ3) is 4.85. The van der Waals surface area contributed by atoms with Crippen LogP contribution in [0.3, 0.4) is 0 Å². The quantitative estimate of drug-likeness (QED) is 0.382. The van der Waals surface area contributed by atoms with Gasteiger partial charge >= 0.3 is 0 Å². The van der Waals surface area contributed by atoms with Crippen molar-refractivity contribution < 1.29 is 9.47 Å². The molecule has 172 valence electrons. The number of ether oxygens (including phenoxy) is 2. The second-order valence-electron chi connectivity index (χ2n) is 8.09. The van der Waals surface area contributed by atoms with Gasteiger partial charge in [-0.2, -0.15) is 0 Å². The van der Waals surface area contributed by atoms with Gasteiger partial charge in [-0.05, 0) is 49.0 Å². The molecule has 33 heavy (non-hydrogen) atoms. The molecule has 9 heteroatoms. The van der Waals surface area contributed by atoms with Crippen LogP contribution in [-0.4, -0.2) is 63.9 Å². The molecule has 0 atom stereocenters. The van der Waals surface area contributed by atoms with E-state index in [1.807, 2.05) is 12.1 Å². The van der Waals surface area contributed by atoms with Crippen LogP contribution in [0, 0.1) is 4.77 Å². The van der Waals surface area contributed by atoms with Crippen molar-refractivity contribution in [3.05, 3.63) is 53.1 Å². The lowest BCUT2D eigenvalue weighted by molar-refractivity contribution is 0.0322. The average molecular weight is 465 g/mol. The second kappa shape index (κ2) is 9.86. The maximum Gasteiger partial charge on any atom is 0.178 e. The van der Waals surface area contributed by atoms with E-state index in [1.54, 1.807) is 6.33 Å². The molecule has 0 unspecified atom stereocenters. The molecule has 0 bridgehead atoms. The van der Waals surface area contributed by atoms with Crippen LogP contribution in [0.2, 0.25) is 0 Å². The second-order valence-corrected chi connectivity index (χ2v) is 8.47. The van der Waals surface area contributed by atoms with E-state index in [2.05, 4.69) is 60.9 Å². The van der Waals surface area contributed by atoms with Crippen molar-refractivity contribution in [2.45, 2.75) is 20.0 Å². The van der Waals surface area contributed by atoms with Crippen LogP contribution in [0.1, 0.15) is 12.5 Å². The number of aromatic nitrogens is 4. The van der Waals surface area contributed by atoms with Crippen molar-refractivity contribution in [3.8, 4) is 5.75 Å². The summed E-state index contributed by atoms with van der Waals surface area (Å²) in [5.41, 5.74) is 4.06. The molecule has 0 aliphatic carbocycles. The van der Waals surface area contributed by atoms with Crippen molar-refractivity contribution in [1.29, 1.82) is 0 Å². The molecular weight excluding hydrogens is 436 g/mol. The number of hydrogen-bond donors (Lipinski definition) is 2. The van der Waals surface area contributed by atoms with Gasteiger partial charge in [0.25, 0.3) is 0 Å². The summed E-state index contributed by atoms with van der Waals surface area (Å²) in [6.07, 6.45) is 1.60. The molecule has 2 N–H and O–H groups in total. The maximum absolute atomic E-state index is 5.99. The van der Waals surface area contributed by atoms with Crippen LogP contribution >= 0.6 is 12.2 Å². The van der Waals surface area contributed by atoms with Gasteiger partial charge in [0, 0.05) is 38.1 Å². The van der Waals surface area contributed by atoms with Crippen LogP contribution in [0.25, 0.3) is 21.9 Å². The lowest BCUT2D eigenvalue weighted by atomic mass is 10.2. The van der Waals surface area contributed by atoms with Crippen molar-refractivity contribution in [2.24, 2.45) is 0 Å². The Kier molecular flexibility index (Phi) is 6.52. The summed E-state index contributed by atoms with van der Waals surface area (Å²) in [7, 11) is 0. The molecule has 1 aliphatic rings. The Morgan fingerprint density at radius 2 is 2.06 bits per heavy atom. The number of rotatable bonds is 8. The molecule has 5 rings (SSSR count). The van der Waals surface area contributed by atoms with Gasteiger partial charge in [-0.3, -0.25) is 4.90 Å². The van der Waals surface area contributed by atoms with Crippen LogP contribution in [-0.2, 0) is 17.8 Å². The van der Waals surface area contributed by atoms with E-state index in [-0.39, 0.29) is 0 Å². The van der Waals surface area contributed by atoms with Gasteiger partial charge in [-0.1, -0.05) is 12.1 Å². The summed E-state index contributed by atoms with van der Waals surface area (Å²) in [5.74, 6) is 1.68. The molecule has 8 nitrogen and oxygen atoms in total. The van der Waals surface area contributed by atoms with Gasteiger partial charge in [-0.25, -0.2) is 9.97 Å². The largest absolute Gasteiger partial charge is 0.492 e. The fourth-order valence-corrected chi connectivity index (χ4v) is 4.55. The molecule has 0 spiro atoms. The first kappa shape index (κ1) is 21.8. The zero-order valence-corrected chi connectivity index (χ0v) is 19.5. The molecule has 0 radical (unpaired) electrons. The van der Waals surface area contributed by atoms with Crippen molar-refractivity contribution in [3.63, 3.8) is 0 Å². The normalized spacial score (nSPS) is 14.7. The number of nitrogens with one attached hydrogen (secondary N) is 2. The Morgan fingerprint density at radius 1 is 1.18 bits per heavy atom. The van der Waals surface area contributed by atoms with Gasteiger partial charge in [0.1, 0.15) is 24.5 Å². The van der Waals surface area contributed by atoms with Gasteiger partial charge in [0.05, 0.1) is 29.8 Å². The van der Waals surface area contributed by atoms with Crippen LogP contribution in [0.15, 0.2) is 42.7 Å². The number of aryl methyl sites for hydroxylation is 1. The van der Waals surface area contributed by atoms with Crippen LogP contribution < -0.4 is 10.1 Å². The van der Waals surface area contributed by atoms with E-state index in [0.29, 0.717) is 13.2 Å². The van der Waals surface area contributed by atoms with E-state index in [1.165, 1.54) is 0 Å². The molecule has 2 aromatic carbocycles. The topological polar surface area (TPSA) is 80.2 Å². The highest BCUT2D eigenvalue weighted by Gasteiger charge is 2.11. The lowest BCUT2D eigenvalue weighted by Crippen LogP contribution is -2.38. The number of benzene rings is 2. The summed E-state index contributed by atoms with van der Waals surface area (Å²) in [6.45, 7) is 8.67. The Balaban J connectivity index is 1.28. The highest BCUT2D eigenvalue weighted by molar-refractivity contribution is 7.71. The average Bonchev–Trinajstić information content (AvgIpc) is 3.16. The summed E-state index contributed by atoms with van der Waals surface area (Å²) in [5, 5.41) is 4.42. The number of H-pyrrole nitrogens is 1. The predicted octanol–water partition coefficient (Wildman–Crippen LogP) is 3.99. The zero-order chi connectivity index (χ0) is 22.6. The fourth-order valence-electron chi connectivity index (χ4n) is 4.21. The molecule has 4 aromatic rings. The van der Waals surface area contributed by atoms with Crippen molar-refractivity contribution in [2.75, 3.05) is 44.8 Å². The number of hydrogen-bond acceptors (Lipinski definition) is 7. The van der Waals surface area contributed by atoms with E-state index >= 15 is 0 Å². The van der Waals surface area contributed by atoms with Crippen molar-refractivity contribution in [1.82, 2.24) is 24.4 Å². The number of nitrogens with zero attached hydrogens (tertiary/aromatic N) is 4. The number of anilines is 1. The minimum Gasteiger partial charge on any atom is -0.492 e. The number of aromatic amines is 1. The lowest BCUT2D eigenvalue weighted by Gasteiger charge is -2.26. The van der Waals surface area contributed by atoms with Crippen LogP contribution in [0.5, 0.6) is 5.75 Å². The Hall–Kier alpha value is -3.01. The summed E-state index contributed by atoms with van der Waals surface area (Å²) in [6, 6.07) is 12.3. The summed E-state index contributed by atoms with van der Waals surface area (Å²) in [4.78, 5) is 14.6. The highest BCUT2D eigenvalue weighted by Crippen LogP contribution is 2.26. The minimum absolute atomic E-state index is 0.636. The van der Waals surface area contributed by atoms with Crippen LogP contribution in [0.4, 0.5) is 5.82 Å². The first-order valence-corrected chi connectivity index (χ1v) is 11.7. The van der Waals surface area contributed by atoms with Gasteiger partial charge in [0.15, 0.2) is 4.77 Å². The molecule has 1 saturated heterocycles. The predicted molar refractivity (Wildman–Crippen MR) is 132 cm³/mol. The first-order valence-electron chi connectivity index (χ1n) is 11.3. The number of imidazole rings is 1. The molecule has 0 amide bonds. The highest BCUT2D eigenvalue weighted by atomic mass is 32.1. The molecule has 3 heterocycles. The molecule has 2 aromatic heterocycles. The van der Waals surface area contributed by atoms with E-state index in [9.17, 15) is 0 Å². The number of fused-ring (bicyclic) bond motifs is 2. The SMILES string of the molecule is CCn1c(=S)[nH]c2cc3c(NCc4cccc(OCCN5CCOCC5)c4)ncnc3cc21. The third-order valence-electron chi connectivity index (χ3n) is 5.98. The Bertz CT molecular complexity index is 1310. The van der Waals surface area contributed by atoms with Crippen molar-refractivity contribution >= 4 is 40.0 Å². The standard InChI is InChI=1S/C24H28N6O2S/c1-2-30-22-14-20-19(13-21(22)28-24(30)33)23(27-16-26-20)25-15-17-4-3-5-18(12-17)32-11-8-29-6-9-31-10-7-29/h3-5,12-14,16H,2,6-11,15H2,1H3,(H,28,33)(H,25,26,27). The van der Waals surface area contributed by atoms with Gasteiger partial charge in [0.2, 0.25) is 0 Å². The Labute approximate surface area is 197 Å². The van der Waals surface area contributed by atoms with E-state index < -0.39 is 0 Å². The zero-order valence-electron chi connectivity index (χ0n) is 18.7. The van der Waals surface area contributed by atoms with E-state index in [4.69, 9.17) is 21.7 Å². The van der Waals surface area contributed by atoms with E-state index in [0.717, 1.165) is 83.2 Å². The maximum atomic E-state index is 5.99. The van der Waals surface area contributed by atoms with Gasteiger partial charge < -0.3 is 24.3 Å². The minimum atomic E-state index is 0.636. The number of morpholine rings is 1. The van der Waals surface area contributed by atoms with Gasteiger partial charge in [-0.15, -0.1) is 0 Å². The molecule has 0 saturated carbocycles. The summed E-state index contributed by atoms with van der Waals surface area (Å²) < 4.78 is 14.2. The molecule has 1 fully saturated rings. The Morgan fingerprint density at radius 3 is 2.91 bits per heavy atom. The molecular formula is C24H28N6O2S. The summed E-state index contributed by atoms with van der Waals surface area (Å²) >= 11 is 5.45. The molecule has 1 aliphatic heterocycles. The monoisotopic (exact) mass is 464 g/mol. The first-order chi connectivity index (χ1) is 16.2. The fraction of sp³-hybridized carbons (Fsp3) is 0.375.